The molecule has 0 aromatic heterocycles. The maximum Gasteiger partial charge on any atom is 0.407 e. The number of amides is 1. The maximum atomic E-state index is 13.1. The predicted octanol–water partition coefficient (Wildman–Crippen LogP) is 4.14. The van der Waals surface area contributed by atoms with Crippen molar-refractivity contribution in [3.8, 4) is 0 Å². The molecule has 0 bridgehead atoms. The Labute approximate surface area is 276 Å². The van der Waals surface area contributed by atoms with Crippen LogP contribution in [0.2, 0.25) is 0 Å². The molecule has 0 spiro atoms. The van der Waals surface area contributed by atoms with E-state index < -0.39 is 59.8 Å². The summed E-state index contributed by atoms with van der Waals surface area (Å²) in [5.74, 6) is -0.648. The van der Waals surface area contributed by atoms with Crippen LogP contribution in [-0.4, -0.2) is 82.4 Å². The molecule has 4 N–H and O–H groups in total. The van der Waals surface area contributed by atoms with E-state index >= 15 is 0 Å². The first-order chi connectivity index (χ1) is 22.6. The highest BCUT2D eigenvalue weighted by Gasteiger charge is 2.66. The fourth-order valence-corrected chi connectivity index (χ4v) is 6.39. The van der Waals surface area contributed by atoms with Gasteiger partial charge in [-0.15, -0.1) is 0 Å². The lowest BCUT2D eigenvalue weighted by molar-refractivity contribution is -0.338. The molecule has 2 aliphatic rings. The number of benzene rings is 3. The third kappa shape index (κ3) is 8.77. The second kappa shape index (κ2) is 15.7. The summed E-state index contributed by atoms with van der Waals surface area (Å²) in [6, 6.07) is 27.9. The van der Waals surface area contributed by atoms with E-state index in [2.05, 4.69) is 5.32 Å². The van der Waals surface area contributed by atoms with Crippen LogP contribution >= 0.6 is 0 Å². The minimum Gasteiger partial charge on any atom is -0.444 e. The first-order valence-electron chi connectivity index (χ1n) is 16.2. The van der Waals surface area contributed by atoms with Crippen molar-refractivity contribution in [1.29, 1.82) is 0 Å². The van der Waals surface area contributed by atoms with Crippen LogP contribution in [0.1, 0.15) is 43.9 Å². The van der Waals surface area contributed by atoms with Gasteiger partial charge in [0.25, 0.3) is 0 Å². The number of rotatable bonds is 12. The van der Waals surface area contributed by atoms with Crippen LogP contribution in [0.15, 0.2) is 91.0 Å². The summed E-state index contributed by atoms with van der Waals surface area (Å²) in [6.45, 7) is 5.53. The molecule has 10 nitrogen and oxygen atoms in total. The summed E-state index contributed by atoms with van der Waals surface area (Å²) in [5.41, 5.74) is -0.0999. The number of aliphatic hydroxyl groups is 3. The maximum absolute atomic E-state index is 13.1. The zero-order valence-electron chi connectivity index (χ0n) is 27.2. The summed E-state index contributed by atoms with van der Waals surface area (Å²) < 4.78 is 31.4. The van der Waals surface area contributed by atoms with E-state index in [9.17, 15) is 20.1 Å². The normalized spacial score (nSPS) is 29.1. The Kier molecular flexibility index (Phi) is 11.7. The molecule has 10 heteroatoms. The molecule has 254 valence electrons. The van der Waals surface area contributed by atoms with E-state index in [1.54, 1.807) is 20.8 Å². The summed E-state index contributed by atoms with van der Waals surface area (Å²) in [7, 11) is 0. The number of carbonyl (C=O) groups excluding carboxylic acids is 1. The summed E-state index contributed by atoms with van der Waals surface area (Å²) in [5, 5.41) is 37.5. The molecular formula is C37H47NO9. The van der Waals surface area contributed by atoms with Crippen molar-refractivity contribution in [2.45, 2.75) is 94.8 Å². The molecular weight excluding hydrogens is 602 g/mol. The van der Waals surface area contributed by atoms with Gasteiger partial charge in [-0.25, -0.2) is 4.79 Å². The van der Waals surface area contributed by atoms with Crippen molar-refractivity contribution in [2.75, 3.05) is 13.2 Å². The van der Waals surface area contributed by atoms with E-state index in [-0.39, 0.29) is 32.8 Å². The second-order valence-electron chi connectivity index (χ2n) is 13.3. The Hall–Kier alpha value is -3.35. The summed E-state index contributed by atoms with van der Waals surface area (Å²) in [4.78, 5) is 13.1. The first kappa shape index (κ1) is 35.0. The van der Waals surface area contributed by atoms with Crippen molar-refractivity contribution in [1.82, 2.24) is 5.32 Å². The van der Waals surface area contributed by atoms with Crippen LogP contribution in [0.4, 0.5) is 4.79 Å². The molecule has 3 aromatic rings. The Balaban J connectivity index is 1.50. The van der Waals surface area contributed by atoms with Crippen LogP contribution in [0.25, 0.3) is 0 Å². The minimum atomic E-state index is -2.04. The highest BCUT2D eigenvalue weighted by atomic mass is 16.6. The molecule has 1 saturated carbocycles. The van der Waals surface area contributed by atoms with Gasteiger partial charge in [-0.1, -0.05) is 91.0 Å². The lowest BCUT2D eigenvalue weighted by atomic mass is 9.66. The van der Waals surface area contributed by atoms with Gasteiger partial charge in [0.15, 0.2) is 0 Å². The highest BCUT2D eigenvalue weighted by molar-refractivity contribution is 5.68. The van der Waals surface area contributed by atoms with E-state index in [1.807, 2.05) is 91.0 Å². The van der Waals surface area contributed by atoms with E-state index in [1.165, 1.54) is 0 Å². The third-order valence-corrected chi connectivity index (χ3v) is 8.66. The summed E-state index contributed by atoms with van der Waals surface area (Å²) in [6.07, 6.45) is -6.15. The standard InChI is InChI=1S/C37H47NO9/c1-36(2,3)47-35(41)38-31-28(20-39)19-30(40)37(42)33(31)46-29(24-43-21-25-13-7-4-8-14-25)32(44-22-26-15-9-5-10-16-26)34(37)45-23-27-17-11-6-12-18-27/h4-18,28-34,39-40,42H,19-24H2,1-3H3,(H,38,41)/t28-,29+,30-,31-,32-,33-,34-,37-/m0/s1. The quantitative estimate of drug-likeness (QED) is 0.228. The number of fused-ring (bicyclic) bond motifs is 1. The van der Waals surface area contributed by atoms with Gasteiger partial charge in [-0.3, -0.25) is 0 Å². The van der Waals surface area contributed by atoms with Crippen LogP contribution in [0, 0.1) is 5.92 Å². The van der Waals surface area contributed by atoms with Crippen LogP contribution in [0.3, 0.4) is 0 Å². The van der Waals surface area contributed by atoms with Gasteiger partial charge in [0.05, 0.1) is 38.6 Å². The molecule has 47 heavy (non-hydrogen) atoms. The van der Waals surface area contributed by atoms with Gasteiger partial charge in [-0.05, 0) is 43.9 Å². The minimum absolute atomic E-state index is 0.0287. The Morgan fingerprint density at radius 3 is 1.94 bits per heavy atom. The van der Waals surface area contributed by atoms with Gasteiger partial charge < -0.3 is 44.3 Å². The van der Waals surface area contributed by atoms with Crippen LogP contribution in [-0.2, 0) is 43.5 Å². The predicted molar refractivity (Wildman–Crippen MR) is 174 cm³/mol. The van der Waals surface area contributed by atoms with Crippen molar-refractivity contribution >= 4 is 6.09 Å². The van der Waals surface area contributed by atoms with Crippen molar-refractivity contribution in [3.05, 3.63) is 108 Å². The first-order valence-corrected chi connectivity index (χ1v) is 16.2. The number of hydrogen-bond acceptors (Lipinski definition) is 9. The molecule has 5 rings (SSSR count). The van der Waals surface area contributed by atoms with E-state index in [0.29, 0.717) is 6.61 Å². The average Bonchev–Trinajstić information content (AvgIpc) is 3.05. The lowest BCUT2D eigenvalue weighted by Gasteiger charge is -2.58. The molecule has 1 saturated heterocycles. The molecule has 3 aromatic carbocycles. The average molecular weight is 650 g/mol. The van der Waals surface area contributed by atoms with Gasteiger partial charge in [0.2, 0.25) is 0 Å². The number of hydrogen-bond donors (Lipinski definition) is 4. The fourth-order valence-electron chi connectivity index (χ4n) is 6.39. The number of nitrogens with one attached hydrogen (secondary N) is 1. The van der Waals surface area contributed by atoms with Crippen LogP contribution < -0.4 is 5.32 Å². The van der Waals surface area contributed by atoms with Crippen molar-refractivity contribution in [3.63, 3.8) is 0 Å². The lowest BCUT2D eigenvalue weighted by Crippen LogP contribution is -2.79. The fraction of sp³-hybridized carbons (Fsp3) is 0.486. The molecule has 0 unspecified atom stereocenters. The van der Waals surface area contributed by atoms with Gasteiger partial charge in [-0.2, -0.15) is 0 Å². The summed E-state index contributed by atoms with van der Waals surface area (Å²) >= 11 is 0. The van der Waals surface area contributed by atoms with Gasteiger partial charge in [0.1, 0.15) is 35.6 Å². The molecule has 2 fully saturated rings. The Morgan fingerprint density at radius 2 is 1.40 bits per heavy atom. The molecule has 8 atom stereocenters. The van der Waals surface area contributed by atoms with Crippen molar-refractivity contribution in [2.24, 2.45) is 5.92 Å². The monoisotopic (exact) mass is 649 g/mol. The second-order valence-corrected chi connectivity index (χ2v) is 13.3. The molecule has 1 aliphatic heterocycles. The zero-order valence-corrected chi connectivity index (χ0v) is 27.2. The van der Waals surface area contributed by atoms with E-state index in [0.717, 1.165) is 16.7 Å². The van der Waals surface area contributed by atoms with Crippen LogP contribution in [0.5, 0.6) is 0 Å². The number of carbonyl (C=O) groups is 1. The van der Waals surface area contributed by atoms with E-state index in [4.69, 9.17) is 23.7 Å². The number of aliphatic hydroxyl groups excluding tert-OH is 2. The topological polar surface area (TPSA) is 136 Å². The van der Waals surface area contributed by atoms with Gasteiger partial charge in [0, 0.05) is 12.5 Å². The molecule has 1 heterocycles. The third-order valence-electron chi connectivity index (χ3n) is 8.66. The highest BCUT2D eigenvalue weighted by Crippen LogP contribution is 2.45. The SMILES string of the molecule is CC(C)(C)OC(=O)N[C@H]1[C@H](CO)C[C@H](O)[C@]2(O)[C@H]1O[C@H](COCc1ccccc1)[C@H](OCc1ccccc1)[C@@H]2OCc1ccccc1. The van der Waals surface area contributed by atoms with Gasteiger partial charge >= 0.3 is 6.09 Å². The Bertz CT molecular complexity index is 1390. The van der Waals surface area contributed by atoms with Crippen molar-refractivity contribution < 1.29 is 43.8 Å². The number of alkyl carbamates (subject to hydrolysis) is 1. The Morgan fingerprint density at radius 1 is 0.872 bits per heavy atom. The molecule has 1 aliphatic carbocycles. The smallest absolute Gasteiger partial charge is 0.407 e. The molecule has 0 radical (unpaired) electrons. The molecule has 1 amide bonds. The zero-order chi connectivity index (χ0) is 33.4. The number of ether oxygens (including phenoxy) is 5. The largest absolute Gasteiger partial charge is 0.444 e.